The maximum absolute atomic E-state index is 12.6. The Balaban J connectivity index is 2.02. The molecule has 1 aromatic heterocycles. The number of nitrogens with zero attached hydrogens (tertiary/aromatic N) is 3. The zero-order valence-electron chi connectivity index (χ0n) is 17.4. The zero-order valence-corrected chi connectivity index (χ0v) is 18.2. The average Bonchev–Trinajstić information content (AvgIpc) is 3.13. The molecule has 1 atom stereocenters. The summed E-state index contributed by atoms with van der Waals surface area (Å²) >= 11 is 1.60. The van der Waals surface area contributed by atoms with Gasteiger partial charge in [-0.25, -0.2) is 9.48 Å². The third-order valence-electron chi connectivity index (χ3n) is 4.61. The minimum atomic E-state index is -0.433. The Kier molecular flexibility index (Phi) is 7.19. The molecule has 1 aromatic carbocycles. The standard InChI is InChI=1S/C21H28N4O3S/c1-5-7-11-28-16-10-8-9-15(13-16)18-17(19(26)27-4)14(3)22-20-23-21(24-25(18)20)29-12-6-2/h8-10,13,18H,5-7,11-12H2,1-4H3,(H,22,23,24). The molecule has 1 aliphatic heterocycles. The fraction of sp³-hybridized carbons (Fsp3) is 0.476. The predicted octanol–water partition coefficient (Wildman–Crippen LogP) is 4.42. The van der Waals surface area contributed by atoms with E-state index in [-0.39, 0.29) is 5.97 Å². The van der Waals surface area contributed by atoms with Crippen LogP contribution < -0.4 is 10.1 Å². The van der Waals surface area contributed by atoms with Crippen LogP contribution >= 0.6 is 11.8 Å². The molecule has 0 spiro atoms. The minimum Gasteiger partial charge on any atom is -0.494 e. The molecule has 156 valence electrons. The Hall–Kier alpha value is -2.48. The van der Waals surface area contributed by atoms with Gasteiger partial charge in [0.2, 0.25) is 11.1 Å². The summed E-state index contributed by atoms with van der Waals surface area (Å²) in [6.07, 6.45) is 3.10. The lowest BCUT2D eigenvalue weighted by Crippen LogP contribution is -2.29. The summed E-state index contributed by atoms with van der Waals surface area (Å²) in [6, 6.07) is 7.37. The van der Waals surface area contributed by atoms with E-state index in [1.807, 2.05) is 31.2 Å². The molecule has 1 unspecified atom stereocenters. The summed E-state index contributed by atoms with van der Waals surface area (Å²) in [5.74, 6) is 1.95. The fourth-order valence-corrected chi connectivity index (χ4v) is 3.86. The van der Waals surface area contributed by atoms with Gasteiger partial charge in [-0.2, -0.15) is 4.98 Å². The number of hydrogen-bond acceptors (Lipinski definition) is 7. The lowest BCUT2D eigenvalue weighted by atomic mass is 9.95. The number of nitrogens with one attached hydrogen (secondary N) is 1. The van der Waals surface area contributed by atoms with Gasteiger partial charge in [0.1, 0.15) is 11.8 Å². The molecule has 2 heterocycles. The highest BCUT2D eigenvalue weighted by atomic mass is 32.2. The molecular weight excluding hydrogens is 388 g/mol. The largest absolute Gasteiger partial charge is 0.494 e. The number of esters is 1. The topological polar surface area (TPSA) is 78.3 Å². The molecule has 2 aromatic rings. The van der Waals surface area contributed by atoms with Gasteiger partial charge >= 0.3 is 5.97 Å². The molecule has 8 heteroatoms. The number of rotatable bonds is 9. The summed E-state index contributed by atoms with van der Waals surface area (Å²) in [5.41, 5.74) is 2.13. The van der Waals surface area contributed by atoms with Gasteiger partial charge in [0.25, 0.3) is 0 Å². The van der Waals surface area contributed by atoms with E-state index in [2.05, 4.69) is 29.2 Å². The van der Waals surface area contributed by atoms with Crippen molar-refractivity contribution in [1.82, 2.24) is 14.8 Å². The first-order valence-corrected chi connectivity index (χ1v) is 11.0. The molecule has 7 nitrogen and oxygen atoms in total. The first-order chi connectivity index (χ1) is 14.1. The molecule has 1 N–H and O–H groups in total. The fourth-order valence-electron chi connectivity index (χ4n) is 3.18. The molecule has 0 fully saturated rings. The summed E-state index contributed by atoms with van der Waals surface area (Å²) in [6.45, 7) is 6.77. The van der Waals surface area contributed by atoms with Gasteiger partial charge in [0.15, 0.2) is 0 Å². The van der Waals surface area contributed by atoms with Gasteiger partial charge in [-0.3, -0.25) is 0 Å². The minimum absolute atomic E-state index is 0.388. The maximum atomic E-state index is 12.6. The van der Waals surface area contributed by atoms with Gasteiger partial charge in [0, 0.05) is 11.4 Å². The van der Waals surface area contributed by atoms with Crippen LogP contribution in [-0.4, -0.2) is 40.2 Å². The van der Waals surface area contributed by atoms with Crippen LogP contribution in [0.15, 0.2) is 40.7 Å². The molecule has 0 amide bonds. The Morgan fingerprint density at radius 2 is 2.14 bits per heavy atom. The lowest BCUT2D eigenvalue weighted by Gasteiger charge is -2.28. The van der Waals surface area contributed by atoms with E-state index < -0.39 is 6.04 Å². The average molecular weight is 417 g/mol. The van der Waals surface area contributed by atoms with Crippen molar-refractivity contribution in [1.29, 1.82) is 0 Å². The Morgan fingerprint density at radius 1 is 1.31 bits per heavy atom. The molecule has 0 saturated heterocycles. The normalized spacial score (nSPS) is 15.7. The van der Waals surface area contributed by atoms with Crippen LogP contribution in [0.5, 0.6) is 5.75 Å². The number of anilines is 1. The van der Waals surface area contributed by atoms with Gasteiger partial charge in [-0.15, -0.1) is 5.10 Å². The van der Waals surface area contributed by atoms with Crippen molar-refractivity contribution in [3.8, 4) is 5.75 Å². The summed E-state index contributed by atoms with van der Waals surface area (Å²) in [7, 11) is 1.39. The SMILES string of the molecule is CCCCOc1cccc(C2C(C(=O)OC)=C(C)Nc3nc(SCCC)nn32)c1. The number of unbranched alkanes of at least 4 members (excludes halogenated alkanes) is 1. The molecule has 1 aliphatic rings. The Labute approximate surface area is 175 Å². The molecule has 0 radical (unpaired) electrons. The number of carbonyl (C=O) groups excluding carboxylic acids is 1. The Morgan fingerprint density at radius 3 is 2.86 bits per heavy atom. The van der Waals surface area contributed by atoms with Crippen LogP contribution in [0.1, 0.15) is 51.6 Å². The number of methoxy groups -OCH3 is 1. The maximum Gasteiger partial charge on any atom is 0.338 e. The van der Waals surface area contributed by atoms with E-state index in [1.165, 1.54) is 7.11 Å². The van der Waals surface area contributed by atoms with Gasteiger partial charge in [0.05, 0.1) is 19.3 Å². The van der Waals surface area contributed by atoms with E-state index in [9.17, 15) is 4.79 Å². The van der Waals surface area contributed by atoms with Crippen molar-refractivity contribution in [2.75, 3.05) is 24.8 Å². The van der Waals surface area contributed by atoms with Crippen molar-refractivity contribution in [2.45, 2.75) is 51.2 Å². The Bertz CT molecular complexity index is 894. The number of aromatic nitrogens is 3. The van der Waals surface area contributed by atoms with E-state index in [1.54, 1.807) is 16.4 Å². The van der Waals surface area contributed by atoms with Crippen molar-refractivity contribution in [3.63, 3.8) is 0 Å². The molecule has 0 saturated carbocycles. The number of allylic oxidation sites excluding steroid dienone is 1. The number of fused-ring (bicyclic) bond motifs is 1. The second kappa shape index (κ2) is 9.82. The van der Waals surface area contributed by atoms with Gasteiger partial charge in [-0.05, 0) is 37.5 Å². The van der Waals surface area contributed by atoms with E-state index in [4.69, 9.17) is 9.47 Å². The van der Waals surface area contributed by atoms with Gasteiger partial charge in [-0.1, -0.05) is 44.2 Å². The summed E-state index contributed by atoms with van der Waals surface area (Å²) in [5, 5.41) is 8.57. The van der Waals surface area contributed by atoms with Crippen molar-refractivity contribution in [3.05, 3.63) is 41.1 Å². The van der Waals surface area contributed by atoms with E-state index in [0.717, 1.165) is 36.3 Å². The number of thioether (sulfide) groups is 1. The van der Waals surface area contributed by atoms with Crippen LogP contribution in [0, 0.1) is 0 Å². The lowest BCUT2D eigenvalue weighted by molar-refractivity contribution is -0.136. The first kappa shape index (κ1) is 21.2. The highest BCUT2D eigenvalue weighted by Gasteiger charge is 2.35. The molecule has 29 heavy (non-hydrogen) atoms. The zero-order chi connectivity index (χ0) is 20.8. The smallest absolute Gasteiger partial charge is 0.338 e. The quantitative estimate of drug-likeness (QED) is 0.368. The number of benzene rings is 1. The van der Waals surface area contributed by atoms with Crippen LogP contribution in [0.25, 0.3) is 0 Å². The van der Waals surface area contributed by atoms with Crippen LogP contribution in [0.3, 0.4) is 0 Å². The van der Waals surface area contributed by atoms with Crippen molar-refractivity contribution in [2.24, 2.45) is 0 Å². The number of carbonyl (C=O) groups is 1. The molecular formula is C21H28N4O3S. The third-order valence-corrected chi connectivity index (χ3v) is 5.66. The van der Waals surface area contributed by atoms with Crippen molar-refractivity contribution >= 4 is 23.7 Å². The second-order valence-corrected chi connectivity index (χ2v) is 7.91. The molecule has 0 bridgehead atoms. The predicted molar refractivity (Wildman–Crippen MR) is 114 cm³/mol. The highest BCUT2D eigenvalue weighted by molar-refractivity contribution is 7.99. The van der Waals surface area contributed by atoms with E-state index >= 15 is 0 Å². The van der Waals surface area contributed by atoms with Crippen molar-refractivity contribution < 1.29 is 14.3 Å². The van der Waals surface area contributed by atoms with Crippen LogP contribution in [-0.2, 0) is 9.53 Å². The highest BCUT2D eigenvalue weighted by Crippen LogP contribution is 2.37. The third kappa shape index (κ3) is 4.75. The first-order valence-electron chi connectivity index (χ1n) is 9.97. The van der Waals surface area contributed by atoms with Crippen LogP contribution in [0.4, 0.5) is 5.95 Å². The van der Waals surface area contributed by atoms with Crippen LogP contribution in [0.2, 0.25) is 0 Å². The number of ether oxygens (including phenoxy) is 2. The summed E-state index contributed by atoms with van der Waals surface area (Å²) < 4.78 is 12.7. The monoisotopic (exact) mass is 416 g/mol. The molecule has 3 rings (SSSR count). The second-order valence-electron chi connectivity index (χ2n) is 6.84. The molecule has 0 aliphatic carbocycles. The van der Waals surface area contributed by atoms with E-state index in [0.29, 0.717) is 29.0 Å². The summed E-state index contributed by atoms with van der Waals surface area (Å²) in [4.78, 5) is 17.2. The number of hydrogen-bond donors (Lipinski definition) is 1. The van der Waals surface area contributed by atoms with Gasteiger partial charge < -0.3 is 14.8 Å².